The molecule has 2 aliphatic heterocycles. The summed E-state index contributed by atoms with van der Waals surface area (Å²) in [5.41, 5.74) is -0.110. The molecule has 0 aromatic heterocycles. The minimum absolute atomic E-state index is 0.0245. The predicted molar refractivity (Wildman–Crippen MR) is 142 cm³/mol. The zero-order valence-corrected chi connectivity index (χ0v) is 24.4. The molecule has 0 radical (unpaired) electrons. The van der Waals surface area contributed by atoms with E-state index in [1.54, 1.807) is 21.0 Å². The summed E-state index contributed by atoms with van der Waals surface area (Å²) in [4.78, 5) is 0. The van der Waals surface area contributed by atoms with Crippen LogP contribution in [0.25, 0.3) is 0 Å². The van der Waals surface area contributed by atoms with Crippen LogP contribution in [0.2, 0.25) is 0 Å². The van der Waals surface area contributed by atoms with Crippen molar-refractivity contribution in [2.75, 3.05) is 13.7 Å². The van der Waals surface area contributed by atoms with Gasteiger partial charge in [0.05, 0.1) is 18.3 Å². The molecule has 0 aromatic rings. The smallest absolute Gasteiger partial charge is 0.170 e. The molecule has 0 aromatic carbocycles. The minimum atomic E-state index is -1.05. The molecular weight excluding hydrogens is 468 g/mol. The second-order valence-electron chi connectivity index (χ2n) is 15.1. The highest BCUT2D eigenvalue weighted by Gasteiger charge is 2.75. The molecule has 6 rings (SSSR count). The van der Waals surface area contributed by atoms with E-state index in [-0.39, 0.29) is 33.5 Å². The number of fused-ring (bicyclic) bond motifs is 5. The predicted octanol–water partition coefficient (Wildman–Crippen LogP) is 4.43. The van der Waals surface area contributed by atoms with Crippen LogP contribution < -0.4 is 0 Å². The van der Waals surface area contributed by atoms with Crippen molar-refractivity contribution in [3.63, 3.8) is 0 Å². The van der Waals surface area contributed by atoms with Gasteiger partial charge in [-0.2, -0.15) is 0 Å². The molecule has 4 saturated carbocycles. The van der Waals surface area contributed by atoms with E-state index in [0.29, 0.717) is 24.9 Å². The lowest BCUT2D eigenvalue weighted by Gasteiger charge is -2.74. The van der Waals surface area contributed by atoms with Gasteiger partial charge in [-0.1, -0.05) is 39.3 Å². The van der Waals surface area contributed by atoms with E-state index >= 15 is 0 Å². The molecule has 0 amide bonds. The van der Waals surface area contributed by atoms with Gasteiger partial charge in [0.25, 0.3) is 0 Å². The standard InChI is InChI=1S/C31H52O6/c1-18(15-22(33)25(34)27(4,5)36-8)19-9-11-28(6)20(19)16-21(32)24-29(28,7)12-10-23-26(2,3)31(35)14-13-30(23,24)17-37-31/h15,19-25,32-35H,9-14,16-17H2,1-8H3/b18-15+/t19-,20?,21-,22+,23?,24?,25?,28-,29-,30-,31-/m1/s1. The largest absolute Gasteiger partial charge is 0.393 e. The molecule has 2 bridgehead atoms. The first kappa shape index (κ1) is 28.0. The van der Waals surface area contributed by atoms with Crippen LogP contribution in [0, 0.1) is 45.3 Å². The van der Waals surface area contributed by atoms with E-state index in [0.717, 1.165) is 44.1 Å². The summed E-state index contributed by atoms with van der Waals surface area (Å²) in [6, 6.07) is 0. The summed E-state index contributed by atoms with van der Waals surface area (Å²) in [7, 11) is 1.55. The lowest BCUT2D eigenvalue weighted by Crippen LogP contribution is -2.75. The Morgan fingerprint density at radius 3 is 2.27 bits per heavy atom. The van der Waals surface area contributed by atoms with Gasteiger partial charge in [-0.15, -0.1) is 0 Å². The fraction of sp³-hybridized carbons (Fsp3) is 0.935. The molecule has 1 spiro atoms. The molecule has 6 fully saturated rings. The van der Waals surface area contributed by atoms with E-state index in [2.05, 4.69) is 34.6 Å². The Balaban J connectivity index is 1.46. The number of hydrogen-bond acceptors (Lipinski definition) is 6. The molecule has 6 aliphatic rings. The summed E-state index contributed by atoms with van der Waals surface area (Å²) in [5.74, 6) is 0.0472. The Hall–Kier alpha value is -0.500. The van der Waals surface area contributed by atoms with E-state index in [1.165, 1.54) is 0 Å². The van der Waals surface area contributed by atoms with E-state index < -0.39 is 29.7 Å². The van der Waals surface area contributed by atoms with Crippen LogP contribution in [0.1, 0.15) is 93.4 Å². The number of allylic oxidation sites excluding steroid dienone is 1. The molecule has 4 aliphatic carbocycles. The number of methoxy groups -OCH3 is 1. The third-order valence-corrected chi connectivity index (χ3v) is 13.4. The molecule has 2 saturated heterocycles. The molecule has 2 heterocycles. The van der Waals surface area contributed by atoms with Crippen LogP contribution in [0.15, 0.2) is 11.6 Å². The SMILES string of the molecule is COC(C)(C)C(O)[C@@H](O)/C=C(\C)[C@H]1CC[C@]2(C)C1C[C@@H](O)C1[C@]34CC[C@@](O)(OC3)C(C)(C)C4CC[C@]12C. The van der Waals surface area contributed by atoms with Crippen molar-refractivity contribution >= 4 is 0 Å². The number of ether oxygens (including phenoxy) is 2. The Labute approximate surface area is 223 Å². The summed E-state index contributed by atoms with van der Waals surface area (Å²) < 4.78 is 11.7. The normalized spacial score (nSPS) is 50.7. The fourth-order valence-corrected chi connectivity index (χ4v) is 10.7. The van der Waals surface area contributed by atoms with Gasteiger partial charge in [0.2, 0.25) is 0 Å². The number of aliphatic hydroxyl groups is 4. The second kappa shape index (κ2) is 8.50. The van der Waals surface area contributed by atoms with Gasteiger partial charge in [0.1, 0.15) is 12.2 Å². The van der Waals surface area contributed by atoms with E-state index in [1.807, 2.05) is 6.08 Å². The van der Waals surface area contributed by atoms with Crippen LogP contribution >= 0.6 is 0 Å². The highest BCUT2D eigenvalue weighted by Crippen LogP contribution is 2.77. The van der Waals surface area contributed by atoms with Crippen molar-refractivity contribution in [3.05, 3.63) is 11.6 Å². The highest BCUT2D eigenvalue weighted by molar-refractivity contribution is 5.25. The van der Waals surface area contributed by atoms with Crippen molar-refractivity contribution in [1.29, 1.82) is 0 Å². The first-order chi connectivity index (χ1) is 17.0. The zero-order chi connectivity index (χ0) is 27.4. The average molecular weight is 521 g/mol. The number of aliphatic hydroxyl groups excluding tert-OH is 3. The molecule has 11 atom stereocenters. The van der Waals surface area contributed by atoms with Gasteiger partial charge in [-0.05, 0) is 93.8 Å². The van der Waals surface area contributed by atoms with Crippen molar-refractivity contribution in [2.45, 2.75) is 123 Å². The van der Waals surface area contributed by atoms with Crippen molar-refractivity contribution in [3.8, 4) is 0 Å². The highest BCUT2D eigenvalue weighted by atomic mass is 16.6. The maximum absolute atomic E-state index is 12.0. The quantitative estimate of drug-likeness (QED) is 0.400. The second-order valence-corrected chi connectivity index (χ2v) is 15.1. The van der Waals surface area contributed by atoms with Crippen LogP contribution in [-0.2, 0) is 9.47 Å². The first-order valence-corrected chi connectivity index (χ1v) is 14.6. The Morgan fingerprint density at radius 1 is 1.03 bits per heavy atom. The van der Waals surface area contributed by atoms with Gasteiger partial charge in [0, 0.05) is 24.4 Å². The molecule has 212 valence electrons. The van der Waals surface area contributed by atoms with Crippen LogP contribution in [0.3, 0.4) is 0 Å². The van der Waals surface area contributed by atoms with Crippen molar-refractivity contribution in [1.82, 2.24) is 0 Å². The first-order valence-electron chi connectivity index (χ1n) is 14.6. The summed E-state index contributed by atoms with van der Waals surface area (Å²) in [6.07, 6.45) is 6.00. The summed E-state index contributed by atoms with van der Waals surface area (Å²) in [6.45, 7) is 15.5. The van der Waals surface area contributed by atoms with Crippen molar-refractivity contribution in [2.24, 2.45) is 45.3 Å². The molecule has 4 N–H and O–H groups in total. The lowest BCUT2D eigenvalue weighted by atomic mass is 9.33. The molecule has 6 nitrogen and oxygen atoms in total. The van der Waals surface area contributed by atoms with Gasteiger partial charge in [0.15, 0.2) is 5.79 Å². The minimum Gasteiger partial charge on any atom is -0.393 e. The third-order valence-electron chi connectivity index (χ3n) is 13.4. The van der Waals surface area contributed by atoms with E-state index in [9.17, 15) is 20.4 Å². The lowest BCUT2D eigenvalue weighted by molar-refractivity contribution is -0.404. The van der Waals surface area contributed by atoms with Crippen molar-refractivity contribution < 1.29 is 29.9 Å². The summed E-state index contributed by atoms with van der Waals surface area (Å²) >= 11 is 0. The molecule has 37 heavy (non-hydrogen) atoms. The Kier molecular flexibility index (Phi) is 6.44. The van der Waals surface area contributed by atoms with Gasteiger partial charge < -0.3 is 29.9 Å². The van der Waals surface area contributed by atoms with Crippen LogP contribution in [0.4, 0.5) is 0 Å². The third kappa shape index (κ3) is 3.51. The van der Waals surface area contributed by atoms with Crippen LogP contribution in [0.5, 0.6) is 0 Å². The maximum Gasteiger partial charge on any atom is 0.170 e. The zero-order valence-electron chi connectivity index (χ0n) is 24.4. The molecule has 6 heteroatoms. The Morgan fingerprint density at radius 2 is 1.68 bits per heavy atom. The van der Waals surface area contributed by atoms with Gasteiger partial charge in [-0.25, -0.2) is 0 Å². The van der Waals surface area contributed by atoms with Gasteiger partial charge in [-0.3, -0.25) is 0 Å². The monoisotopic (exact) mass is 520 g/mol. The Bertz CT molecular complexity index is 932. The van der Waals surface area contributed by atoms with E-state index in [4.69, 9.17) is 9.47 Å². The number of hydrogen-bond donors (Lipinski definition) is 4. The molecule has 4 unspecified atom stereocenters. The average Bonchev–Trinajstić information content (AvgIpc) is 3.17. The van der Waals surface area contributed by atoms with Crippen LogP contribution in [-0.4, -0.2) is 63.8 Å². The topological polar surface area (TPSA) is 99.4 Å². The fourth-order valence-electron chi connectivity index (χ4n) is 10.7. The summed E-state index contributed by atoms with van der Waals surface area (Å²) in [5, 5.41) is 44.9. The van der Waals surface area contributed by atoms with Gasteiger partial charge >= 0.3 is 0 Å². The molecular formula is C31H52O6. The maximum atomic E-state index is 12.0. The number of rotatable bonds is 5.